The number of carboxylic acid groups (broad SMARTS) is 1. The first-order valence-corrected chi connectivity index (χ1v) is 6.77. The van der Waals surface area contributed by atoms with Crippen LogP contribution in [0.15, 0.2) is 24.3 Å². The molecule has 1 aliphatic rings. The van der Waals surface area contributed by atoms with Crippen molar-refractivity contribution in [2.24, 2.45) is 11.8 Å². The molecule has 0 spiro atoms. The number of carboxylic acids is 1. The van der Waals surface area contributed by atoms with Gasteiger partial charge in [-0.15, -0.1) is 0 Å². The van der Waals surface area contributed by atoms with Crippen molar-refractivity contribution in [3.63, 3.8) is 0 Å². The van der Waals surface area contributed by atoms with Gasteiger partial charge in [0.2, 0.25) is 5.91 Å². The van der Waals surface area contributed by atoms with Crippen molar-refractivity contribution in [1.29, 1.82) is 0 Å². The van der Waals surface area contributed by atoms with Gasteiger partial charge in [-0.05, 0) is 25.0 Å². The van der Waals surface area contributed by atoms with Gasteiger partial charge in [-0.3, -0.25) is 4.79 Å². The van der Waals surface area contributed by atoms with E-state index < -0.39 is 17.8 Å². The highest BCUT2D eigenvalue weighted by atomic mass is 16.5. The van der Waals surface area contributed by atoms with E-state index in [1.54, 1.807) is 31.4 Å². The van der Waals surface area contributed by atoms with Crippen molar-refractivity contribution in [3.05, 3.63) is 24.3 Å². The first-order valence-electron chi connectivity index (χ1n) is 6.77. The Bertz CT molecular complexity index is 500. The number of anilines is 1. The zero-order valence-corrected chi connectivity index (χ0v) is 11.4. The second-order valence-electron chi connectivity index (χ2n) is 5.04. The Morgan fingerprint density at radius 2 is 1.95 bits per heavy atom. The first-order chi connectivity index (χ1) is 9.61. The number of methoxy groups -OCH3 is 1. The standard InChI is InChI=1S/C15H19NO4/c1-20-11-6-4-5-10(9-11)16-14(17)12-7-2-3-8-13(12)15(18)19/h4-6,9,12-13H,2-3,7-8H2,1H3,(H,16,17)(H,18,19)/p-1/t12-,13+/m1/s1. The van der Waals surface area contributed by atoms with Gasteiger partial charge in [-0.1, -0.05) is 18.9 Å². The van der Waals surface area contributed by atoms with E-state index >= 15 is 0 Å². The Labute approximate surface area is 117 Å². The lowest BCUT2D eigenvalue weighted by atomic mass is 9.78. The lowest BCUT2D eigenvalue weighted by Crippen LogP contribution is -2.42. The molecule has 0 heterocycles. The van der Waals surface area contributed by atoms with E-state index in [1.807, 2.05) is 0 Å². The van der Waals surface area contributed by atoms with Crippen LogP contribution in [0.5, 0.6) is 5.75 Å². The molecule has 5 nitrogen and oxygen atoms in total. The van der Waals surface area contributed by atoms with Gasteiger partial charge in [0.05, 0.1) is 7.11 Å². The Kier molecular flexibility index (Phi) is 4.61. The molecule has 1 saturated carbocycles. The zero-order valence-electron chi connectivity index (χ0n) is 11.4. The van der Waals surface area contributed by atoms with Crippen molar-refractivity contribution < 1.29 is 19.4 Å². The molecule has 1 N–H and O–H groups in total. The van der Waals surface area contributed by atoms with Gasteiger partial charge >= 0.3 is 0 Å². The Balaban J connectivity index is 2.07. The maximum absolute atomic E-state index is 12.2. The van der Waals surface area contributed by atoms with Gasteiger partial charge in [0, 0.05) is 29.6 Å². The fourth-order valence-corrected chi connectivity index (χ4v) is 2.66. The summed E-state index contributed by atoms with van der Waals surface area (Å²) in [6, 6.07) is 7.00. The van der Waals surface area contributed by atoms with Gasteiger partial charge in [-0.25, -0.2) is 0 Å². The first kappa shape index (κ1) is 14.4. The monoisotopic (exact) mass is 276 g/mol. The predicted octanol–water partition coefficient (Wildman–Crippen LogP) is 1.19. The highest BCUT2D eigenvalue weighted by Gasteiger charge is 2.31. The third kappa shape index (κ3) is 3.29. The van der Waals surface area contributed by atoms with Crippen molar-refractivity contribution in [1.82, 2.24) is 0 Å². The molecule has 2 rings (SSSR count). The Hall–Kier alpha value is -2.04. The number of hydrogen-bond acceptors (Lipinski definition) is 4. The fraction of sp³-hybridized carbons (Fsp3) is 0.467. The number of rotatable bonds is 4. The van der Waals surface area contributed by atoms with E-state index in [-0.39, 0.29) is 5.91 Å². The summed E-state index contributed by atoms with van der Waals surface area (Å²) in [5.74, 6) is -1.94. The van der Waals surface area contributed by atoms with E-state index in [9.17, 15) is 14.7 Å². The van der Waals surface area contributed by atoms with Gasteiger partial charge in [0.15, 0.2) is 0 Å². The minimum absolute atomic E-state index is 0.257. The summed E-state index contributed by atoms with van der Waals surface area (Å²) in [6.07, 6.45) is 2.81. The summed E-state index contributed by atoms with van der Waals surface area (Å²) in [5.41, 5.74) is 0.608. The topological polar surface area (TPSA) is 78.5 Å². The van der Waals surface area contributed by atoms with Crippen LogP contribution in [0, 0.1) is 11.8 Å². The molecule has 1 aromatic carbocycles. The maximum atomic E-state index is 12.2. The van der Waals surface area contributed by atoms with Crippen LogP contribution >= 0.6 is 0 Å². The second-order valence-corrected chi connectivity index (χ2v) is 5.04. The number of benzene rings is 1. The minimum Gasteiger partial charge on any atom is -0.550 e. The number of carbonyl (C=O) groups is 2. The smallest absolute Gasteiger partial charge is 0.228 e. The van der Waals surface area contributed by atoms with Crippen molar-refractivity contribution in [3.8, 4) is 5.75 Å². The molecule has 0 saturated heterocycles. The van der Waals surface area contributed by atoms with E-state index in [4.69, 9.17) is 4.74 Å². The number of amides is 1. The SMILES string of the molecule is COc1cccc(NC(=O)[C@@H]2CCCC[C@@H]2C(=O)[O-])c1. The van der Waals surface area contributed by atoms with Gasteiger partial charge in [0.25, 0.3) is 0 Å². The fourth-order valence-electron chi connectivity index (χ4n) is 2.66. The van der Waals surface area contributed by atoms with E-state index in [1.165, 1.54) is 0 Å². The van der Waals surface area contributed by atoms with Crippen LogP contribution in [-0.4, -0.2) is 19.0 Å². The third-order valence-corrected chi connectivity index (χ3v) is 3.74. The molecule has 0 radical (unpaired) electrons. The van der Waals surface area contributed by atoms with E-state index in [2.05, 4.69) is 5.32 Å². The predicted molar refractivity (Wildman–Crippen MR) is 72.1 cm³/mol. The second kappa shape index (κ2) is 6.41. The molecule has 0 unspecified atom stereocenters. The average molecular weight is 276 g/mol. The van der Waals surface area contributed by atoms with Crippen molar-refractivity contribution in [2.45, 2.75) is 25.7 Å². The summed E-state index contributed by atoms with van der Waals surface area (Å²) < 4.78 is 5.09. The highest BCUT2D eigenvalue weighted by Crippen LogP contribution is 2.31. The van der Waals surface area contributed by atoms with E-state index in [0.29, 0.717) is 24.3 Å². The molecule has 1 aliphatic carbocycles. The number of ether oxygens (including phenoxy) is 1. The third-order valence-electron chi connectivity index (χ3n) is 3.74. The number of carbonyl (C=O) groups excluding carboxylic acids is 2. The molecule has 1 fully saturated rings. The van der Waals surface area contributed by atoms with Crippen LogP contribution in [0.25, 0.3) is 0 Å². The molecule has 0 bridgehead atoms. The number of hydrogen-bond donors (Lipinski definition) is 1. The maximum Gasteiger partial charge on any atom is 0.228 e. The number of aliphatic carboxylic acids is 1. The molecule has 1 amide bonds. The quantitative estimate of drug-likeness (QED) is 0.896. The molecule has 20 heavy (non-hydrogen) atoms. The lowest BCUT2D eigenvalue weighted by Gasteiger charge is -2.31. The van der Waals surface area contributed by atoms with Crippen LogP contribution in [0.3, 0.4) is 0 Å². The van der Waals surface area contributed by atoms with Crippen LogP contribution in [-0.2, 0) is 9.59 Å². The summed E-state index contributed by atoms with van der Waals surface area (Å²) in [4.78, 5) is 23.3. The summed E-state index contributed by atoms with van der Waals surface area (Å²) in [7, 11) is 1.55. The molecule has 5 heteroatoms. The average Bonchev–Trinajstić information content (AvgIpc) is 2.47. The van der Waals surface area contributed by atoms with Gasteiger partial charge in [-0.2, -0.15) is 0 Å². The van der Waals surface area contributed by atoms with Gasteiger partial charge < -0.3 is 20.0 Å². The van der Waals surface area contributed by atoms with Crippen molar-refractivity contribution >= 4 is 17.6 Å². The van der Waals surface area contributed by atoms with Crippen molar-refractivity contribution in [2.75, 3.05) is 12.4 Å². The Morgan fingerprint density at radius 1 is 1.25 bits per heavy atom. The molecular weight excluding hydrogens is 258 g/mol. The minimum atomic E-state index is -1.13. The van der Waals surface area contributed by atoms with Crippen LogP contribution in [0.1, 0.15) is 25.7 Å². The van der Waals surface area contributed by atoms with Crippen LogP contribution < -0.4 is 15.2 Å². The Morgan fingerprint density at radius 3 is 2.60 bits per heavy atom. The lowest BCUT2D eigenvalue weighted by molar-refractivity contribution is -0.313. The largest absolute Gasteiger partial charge is 0.550 e. The number of nitrogens with one attached hydrogen (secondary N) is 1. The molecule has 1 aromatic rings. The molecular formula is C15H18NO4-. The van der Waals surface area contributed by atoms with Gasteiger partial charge in [0.1, 0.15) is 5.75 Å². The summed E-state index contributed by atoms with van der Waals surface area (Å²) >= 11 is 0. The van der Waals surface area contributed by atoms with Crippen LogP contribution in [0.4, 0.5) is 5.69 Å². The molecule has 2 atom stereocenters. The normalized spacial score (nSPS) is 22.1. The van der Waals surface area contributed by atoms with E-state index in [0.717, 1.165) is 12.8 Å². The highest BCUT2D eigenvalue weighted by molar-refractivity contribution is 5.95. The molecule has 0 aliphatic heterocycles. The summed E-state index contributed by atoms with van der Waals surface area (Å²) in [5, 5.41) is 13.9. The molecule has 108 valence electrons. The summed E-state index contributed by atoms with van der Waals surface area (Å²) in [6.45, 7) is 0. The molecule has 0 aromatic heterocycles. The zero-order chi connectivity index (χ0) is 14.5. The van der Waals surface area contributed by atoms with Crippen LogP contribution in [0.2, 0.25) is 0 Å².